The smallest absolute Gasteiger partial charge is 0.158 e. The maximum Gasteiger partial charge on any atom is 0.158 e. The van der Waals surface area contributed by atoms with Gasteiger partial charge in [0.15, 0.2) is 5.82 Å². The van der Waals surface area contributed by atoms with E-state index >= 15 is 0 Å². The zero-order chi connectivity index (χ0) is 13.1. The molecule has 0 bridgehead atoms. The van der Waals surface area contributed by atoms with E-state index in [1.165, 1.54) is 51.4 Å². The number of rotatable bonds is 3. The third-order valence-electron chi connectivity index (χ3n) is 5.17. The molecule has 0 aromatic carbocycles. The Labute approximate surface area is 115 Å². The highest BCUT2D eigenvalue weighted by molar-refractivity contribution is 5.12. The van der Waals surface area contributed by atoms with E-state index in [1.54, 1.807) is 0 Å². The van der Waals surface area contributed by atoms with Gasteiger partial charge in [-0.05, 0) is 25.7 Å². The molecule has 2 aliphatic carbocycles. The van der Waals surface area contributed by atoms with Gasteiger partial charge in [-0.25, -0.2) is 4.98 Å². The largest absolute Gasteiger partial charge is 0.329 e. The van der Waals surface area contributed by atoms with Gasteiger partial charge >= 0.3 is 0 Å². The Hall–Kier alpha value is -0.900. The summed E-state index contributed by atoms with van der Waals surface area (Å²) in [5.74, 6) is 2.73. The van der Waals surface area contributed by atoms with E-state index in [9.17, 15) is 0 Å². The standard InChI is InChI=1S/C15H26N4/c16-11-15(9-5-1-2-6-10-15)14-17-13(18-19-14)12-7-3-4-8-12/h12H,1-11,16H2,(H,17,18,19). The summed E-state index contributed by atoms with van der Waals surface area (Å²) in [4.78, 5) is 4.85. The van der Waals surface area contributed by atoms with E-state index in [2.05, 4.69) is 10.2 Å². The molecule has 1 heterocycles. The Morgan fingerprint density at radius 2 is 1.74 bits per heavy atom. The molecule has 0 radical (unpaired) electrons. The van der Waals surface area contributed by atoms with Crippen molar-refractivity contribution in [3.63, 3.8) is 0 Å². The molecule has 0 amide bonds. The lowest BCUT2D eigenvalue weighted by atomic mass is 9.79. The van der Waals surface area contributed by atoms with Crippen LogP contribution in [0, 0.1) is 0 Å². The van der Waals surface area contributed by atoms with Crippen LogP contribution in [0.25, 0.3) is 0 Å². The van der Waals surface area contributed by atoms with Gasteiger partial charge in [0.2, 0.25) is 0 Å². The molecule has 1 aromatic rings. The third-order valence-corrected chi connectivity index (χ3v) is 5.17. The van der Waals surface area contributed by atoms with E-state index in [4.69, 9.17) is 10.7 Å². The van der Waals surface area contributed by atoms with E-state index < -0.39 is 0 Å². The lowest BCUT2D eigenvalue weighted by Crippen LogP contribution is -2.36. The SMILES string of the molecule is NCC1(c2n[nH]c(C3CCCC3)n2)CCCCCC1. The highest BCUT2D eigenvalue weighted by atomic mass is 15.2. The van der Waals surface area contributed by atoms with Crippen LogP contribution >= 0.6 is 0 Å². The normalized spacial score (nSPS) is 24.5. The van der Waals surface area contributed by atoms with Crippen LogP contribution in [-0.4, -0.2) is 21.7 Å². The Bertz CT molecular complexity index is 398. The molecular formula is C15H26N4. The topological polar surface area (TPSA) is 67.6 Å². The van der Waals surface area contributed by atoms with Crippen molar-refractivity contribution in [1.29, 1.82) is 0 Å². The second-order valence-corrected chi connectivity index (χ2v) is 6.42. The lowest BCUT2D eigenvalue weighted by molar-refractivity contribution is 0.360. The molecule has 0 aliphatic heterocycles. The molecule has 2 fully saturated rings. The van der Waals surface area contributed by atoms with Crippen LogP contribution in [0.2, 0.25) is 0 Å². The van der Waals surface area contributed by atoms with Gasteiger partial charge in [0.05, 0.1) is 0 Å². The van der Waals surface area contributed by atoms with Crippen molar-refractivity contribution < 1.29 is 0 Å². The fraction of sp³-hybridized carbons (Fsp3) is 0.867. The van der Waals surface area contributed by atoms with Crippen LogP contribution in [0.4, 0.5) is 0 Å². The van der Waals surface area contributed by atoms with E-state index in [1.807, 2.05) is 0 Å². The molecule has 0 spiro atoms. The molecule has 2 saturated carbocycles. The summed E-state index contributed by atoms with van der Waals surface area (Å²) in [5, 5.41) is 7.76. The highest BCUT2D eigenvalue weighted by Crippen LogP contribution is 2.37. The summed E-state index contributed by atoms with van der Waals surface area (Å²) in [5.41, 5.74) is 6.15. The minimum Gasteiger partial charge on any atom is -0.329 e. The Balaban J connectivity index is 1.82. The summed E-state index contributed by atoms with van der Waals surface area (Å²) < 4.78 is 0. The van der Waals surface area contributed by atoms with Crippen LogP contribution in [0.1, 0.15) is 81.8 Å². The van der Waals surface area contributed by atoms with Gasteiger partial charge in [-0.1, -0.05) is 38.5 Å². The van der Waals surface area contributed by atoms with Crippen molar-refractivity contribution in [2.45, 2.75) is 75.5 Å². The fourth-order valence-electron chi connectivity index (χ4n) is 3.82. The number of hydrogen-bond acceptors (Lipinski definition) is 3. The Kier molecular flexibility index (Phi) is 3.87. The van der Waals surface area contributed by atoms with Gasteiger partial charge in [-0.3, -0.25) is 5.10 Å². The first-order valence-corrected chi connectivity index (χ1v) is 7.97. The van der Waals surface area contributed by atoms with Gasteiger partial charge in [0.25, 0.3) is 0 Å². The Morgan fingerprint density at radius 3 is 2.37 bits per heavy atom. The van der Waals surface area contributed by atoms with Crippen LogP contribution in [0.5, 0.6) is 0 Å². The second-order valence-electron chi connectivity index (χ2n) is 6.42. The molecule has 106 valence electrons. The maximum absolute atomic E-state index is 6.11. The number of nitrogens with one attached hydrogen (secondary N) is 1. The summed E-state index contributed by atoms with van der Waals surface area (Å²) >= 11 is 0. The monoisotopic (exact) mass is 262 g/mol. The van der Waals surface area contributed by atoms with Gasteiger partial charge in [0, 0.05) is 17.9 Å². The van der Waals surface area contributed by atoms with Crippen molar-refractivity contribution >= 4 is 0 Å². The van der Waals surface area contributed by atoms with Crippen molar-refractivity contribution in [3.8, 4) is 0 Å². The molecule has 0 unspecified atom stereocenters. The summed E-state index contributed by atoms with van der Waals surface area (Å²) in [6, 6.07) is 0. The molecule has 0 atom stereocenters. The number of aromatic amines is 1. The molecular weight excluding hydrogens is 236 g/mol. The van der Waals surface area contributed by atoms with Crippen LogP contribution in [0.3, 0.4) is 0 Å². The number of nitrogens with zero attached hydrogens (tertiary/aromatic N) is 2. The molecule has 3 N–H and O–H groups in total. The van der Waals surface area contributed by atoms with Gasteiger partial charge in [-0.2, -0.15) is 5.10 Å². The summed E-state index contributed by atoms with van der Waals surface area (Å²) in [6.07, 6.45) is 12.7. The van der Waals surface area contributed by atoms with Crippen LogP contribution in [-0.2, 0) is 5.41 Å². The quantitative estimate of drug-likeness (QED) is 0.823. The van der Waals surface area contributed by atoms with E-state index in [0.717, 1.165) is 24.5 Å². The molecule has 19 heavy (non-hydrogen) atoms. The van der Waals surface area contributed by atoms with Crippen LogP contribution in [0.15, 0.2) is 0 Å². The van der Waals surface area contributed by atoms with Gasteiger partial charge in [0.1, 0.15) is 5.82 Å². The number of hydrogen-bond donors (Lipinski definition) is 2. The summed E-state index contributed by atoms with van der Waals surface area (Å²) in [6.45, 7) is 0.689. The molecule has 4 heteroatoms. The van der Waals surface area contributed by atoms with Gasteiger partial charge < -0.3 is 5.73 Å². The number of nitrogens with two attached hydrogens (primary N) is 1. The van der Waals surface area contributed by atoms with Crippen molar-refractivity contribution in [2.75, 3.05) is 6.54 Å². The average Bonchev–Trinajstić information content (AvgIpc) is 3.06. The van der Waals surface area contributed by atoms with E-state index in [-0.39, 0.29) is 5.41 Å². The molecule has 3 rings (SSSR count). The molecule has 0 saturated heterocycles. The minimum atomic E-state index is 0.0455. The van der Waals surface area contributed by atoms with Crippen molar-refractivity contribution in [1.82, 2.24) is 15.2 Å². The first-order valence-electron chi connectivity index (χ1n) is 7.97. The first-order chi connectivity index (χ1) is 9.34. The maximum atomic E-state index is 6.11. The number of aromatic nitrogens is 3. The molecule has 1 aromatic heterocycles. The lowest BCUT2D eigenvalue weighted by Gasteiger charge is -2.27. The average molecular weight is 262 g/mol. The van der Waals surface area contributed by atoms with Gasteiger partial charge in [-0.15, -0.1) is 0 Å². The summed E-state index contributed by atoms with van der Waals surface area (Å²) in [7, 11) is 0. The van der Waals surface area contributed by atoms with E-state index in [0.29, 0.717) is 12.5 Å². The second kappa shape index (κ2) is 5.61. The zero-order valence-corrected chi connectivity index (χ0v) is 11.8. The number of H-pyrrole nitrogens is 1. The van der Waals surface area contributed by atoms with Crippen molar-refractivity contribution in [2.24, 2.45) is 5.73 Å². The highest BCUT2D eigenvalue weighted by Gasteiger charge is 2.36. The fourth-order valence-corrected chi connectivity index (χ4v) is 3.82. The van der Waals surface area contributed by atoms with Crippen molar-refractivity contribution in [3.05, 3.63) is 11.6 Å². The predicted octanol–water partition coefficient (Wildman–Crippen LogP) is 3.01. The first kappa shape index (κ1) is 13.1. The van der Waals surface area contributed by atoms with Crippen LogP contribution < -0.4 is 5.73 Å². The molecule has 4 nitrogen and oxygen atoms in total. The third kappa shape index (κ3) is 2.55. The minimum absolute atomic E-state index is 0.0455. The molecule has 2 aliphatic rings. The Morgan fingerprint density at radius 1 is 1.05 bits per heavy atom. The zero-order valence-electron chi connectivity index (χ0n) is 11.8. The predicted molar refractivity (Wildman–Crippen MR) is 76.0 cm³/mol.